The van der Waals surface area contributed by atoms with Gasteiger partial charge in [-0.15, -0.1) is 0 Å². The fourth-order valence-corrected chi connectivity index (χ4v) is 2.47. The van der Waals surface area contributed by atoms with Gasteiger partial charge in [0.1, 0.15) is 11.6 Å². The average molecular weight is 294 g/mol. The normalized spacial score (nSPS) is 21.9. The monoisotopic (exact) mass is 294 g/mol. The second-order valence-electron chi connectivity index (χ2n) is 5.32. The van der Waals surface area contributed by atoms with Gasteiger partial charge < -0.3 is 15.4 Å². The molecule has 1 fully saturated rings. The van der Waals surface area contributed by atoms with Crippen molar-refractivity contribution < 1.29 is 18.7 Å². The quantitative estimate of drug-likeness (QED) is 0.910. The van der Waals surface area contributed by atoms with Crippen molar-refractivity contribution in [2.24, 2.45) is 11.7 Å². The van der Waals surface area contributed by atoms with Crippen molar-refractivity contribution in [1.29, 1.82) is 0 Å². The summed E-state index contributed by atoms with van der Waals surface area (Å²) in [6, 6.07) is 5.67. The van der Waals surface area contributed by atoms with Crippen LogP contribution in [-0.4, -0.2) is 35.9 Å². The van der Waals surface area contributed by atoms with Crippen molar-refractivity contribution in [3.8, 4) is 5.75 Å². The second-order valence-corrected chi connectivity index (χ2v) is 5.32. The van der Waals surface area contributed by atoms with E-state index in [1.54, 1.807) is 11.0 Å². The third kappa shape index (κ3) is 3.93. The van der Waals surface area contributed by atoms with Crippen LogP contribution in [0.4, 0.5) is 4.39 Å². The minimum atomic E-state index is -0.417. The number of benzene rings is 1. The molecule has 1 aliphatic heterocycles. The number of amides is 2. The third-order valence-electron chi connectivity index (χ3n) is 3.76. The molecular formula is C15H19FN2O3. The van der Waals surface area contributed by atoms with Crippen LogP contribution < -0.4 is 10.5 Å². The van der Waals surface area contributed by atoms with Gasteiger partial charge in [0.15, 0.2) is 6.61 Å². The molecule has 0 radical (unpaired) electrons. The summed E-state index contributed by atoms with van der Waals surface area (Å²) in [4.78, 5) is 25.1. The lowest BCUT2D eigenvalue weighted by Crippen LogP contribution is -2.50. The van der Waals surface area contributed by atoms with Crippen LogP contribution in [0.15, 0.2) is 24.3 Å². The first-order chi connectivity index (χ1) is 9.97. The first-order valence-electron chi connectivity index (χ1n) is 6.94. The zero-order chi connectivity index (χ0) is 15.4. The maximum Gasteiger partial charge on any atom is 0.260 e. The molecule has 2 rings (SSSR count). The van der Waals surface area contributed by atoms with Gasteiger partial charge in [0.05, 0.1) is 5.92 Å². The number of primary amides is 1. The smallest absolute Gasteiger partial charge is 0.260 e. The Labute approximate surface area is 122 Å². The number of nitrogens with zero attached hydrogens (tertiary/aromatic N) is 1. The largest absolute Gasteiger partial charge is 0.484 e. The maximum atomic E-state index is 13.0. The first kappa shape index (κ1) is 15.3. The summed E-state index contributed by atoms with van der Waals surface area (Å²) in [6.45, 7) is 2.07. The number of halogens is 1. The summed E-state index contributed by atoms with van der Waals surface area (Å²) in [6.07, 6.45) is 1.43. The molecule has 0 bridgehead atoms. The molecule has 2 N–H and O–H groups in total. The van der Waals surface area contributed by atoms with Crippen molar-refractivity contribution in [2.45, 2.75) is 25.8 Å². The molecule has 1 heterocycles. The van der Waals surface area contributed by atoms with E-state index in [0.29, 0.717) is 18.7 Å². The molecule has 0 saturated carbocycles. The van der Waals surface area contributed by atoms with E-state index in [4.69, 9.17) is 10.5 Å². The SMILES string of the molecule is CC1CCC(C(N)=O)CN1C(=O)COc1cccc(F)c1. The van der Waals surface area contributed by atoms with Gasteiger partial charge in [-0.25, -0.2) is 4.39 Å². The van der Waals surface area contributed by atoms with Crippen LogP contribution in [0.2, 0.25) is 0 Å². The molecule has 6 heteroatoms. The second kappa shape index (κ2) is 6.56. The highest BCUT2D eigenvalue weighted by atomic mass is 19.1. The summed E-state index contributed by atoms with van der Waals surface area (Å²) in [5.74, 6) is -1.03. The third-order valence-corrected chi connectivity index (χ3v) is 3.76. The minimum Gasteiger partial charge on any atom is -0.484 e. The van der Waals surface area contributed by atoms with Gasteiger partial charge in [-0.1, -0.05) is 6.07 Å². The Kier molecular flexibility index (Phi) is 4.77. The Morgan fingerprint density at radius 3 is 2.86 bits per heavy atom. The van der Waals surface area contributed by atoms with Crippen molar-refractivity contribution in [2.75, 3.05) is 13.2 Å². The van der Waals surface area contributed by atoms with Crippen molar-refractivity contribution in [3.05, 3.63) is 30.1 Å². The van der Waals surface area contributed by atoms with Gasteiger partial charge in [0.2, 0.25) is 5.91 Å². The van der Waals surface area contributed by atoms with E-state index in [1.165, 1.54) is 18.2 Å². The van der Waals surface area contributed by atoms with Crippen LogP contribution in [0.25, 0.3) is 0 Å². The number of carbonyl (C=O) groups excluding carboxylic acids is 2. The molecule has 2 unspecified atom stereocenters. The van der Waals surface area contributed by atoms with Crippen molar-refractivity contribution in [1.82, 2.24) is 4.90 Å². The lowest BCUT2D eigenvalue weighted by molar-refractivity contribution is -0.139. The lowest BCUT2D eigenvalue weighted by Gasteiger charge is -2.36. The molecule has 0 aromatic heterocycles. The minimum absolute atomic E-state index is 0.0456. The highest BCUT2D eigenvalue weighted by Gasteiger charge is 2.31. The van der Waals surface area contributed by atoms with Crippen LogP contribution in [0.3, 0.4) is 0 Å². The van der Waals surface area contributed by atoms with Crippen LogP contribution in [0, 0.1) is 11.7 Å². The molecular weight excluding hydrogens is 275 g/mol. The Balaban J connectivity index is 1.93. The lowest BCUT2D eigenvalue weighted by atomic mass is 9.93. The van der Waals surface area contributed by atoms with E-state index >= 15 is 0 Å². The van der Waals surface area contributed by atoms with Gasteiger partial charge in [0, 0.05) is 18.7 Å². The predicted molar refractivity (Wildman–Crippen MR) is 75.0 cm³/mol. The van der Waals surface area contributed by atoms with E-state index in [-0.39, 0.29) is 30.4 Å². The zero-order valence-corrected chi connectivity index (χ0v) is 11.9. The Morgan fingerprint density at radius 2 is 2.19 bits per heavy atom. The standard InChI is InChI=1S/C15H19FN2O3/c1-10-5-6-11(15(17)20)8-18(10)14(19)9-21-13-4-2-3-12(16)7-13/h2-4,7,10-11H,5-6,8-9H2,1H3,(H2,17,20). The molecule has 2 amide bonds. The number of rotatable bonds is 4. The van der Waals surface area contributed by atoms with Gasteiger partial charge in [-0.2, -0.15) is 0 Å². The first-order valence-corrected chi connectivity index (χ1v) is 6.94. The molecule has 1 aromatic rings. The van der Waals surface area contributed by atoms with Gasteiger partial charge in [-0.3, -0.25) is 9.59 Å². The highest BCUT2D eigenvalue weighted by molar-refractivity contribution is 5.81. The average Bonchev–Trinajstić information content (AvgIpc) is 2.45. The summed E-state index contributed by atoms with van der Waals surface area (Å²) in [5.41, 5.74) is 5.31. The number of hydrogen-bond donors (Lipinski definition) is 1. The Bertz CT molecular complexity index is 535. The van der Waals surface area contributed by atoms with Gasteiger partial charge >= 0.3 is 0 Å². The topological polar surface area (TPSA) is 72.6 Å². The van der Waals surface area contributed by atoms with Crippen molar-refractivity contribution in [3.63, 3.8) is 0 Å². The van der Waals surface area contributed by atoms with Gasteiger partial charge in [-0.05, 0) is 31.9 Å². The molecule has 21 heavy (non-hydrogen) atoms. The summed E-state index contributed by atoms with van der Waals surface area (Å²) in [5, 5.41) is 0. The van der Waals surface area contributed by atoms with E-state index in [2.05, 4.69) is 0 Å². The maximum absolute atomic E-state index is 13.0. The number of carbonyl (C=O) groups is 2. The Hall–Kier alpha value is -2.11. The van der Waals surface area contributed by atoms with E-state index in [1.807, 2.05) is 6.92 Å². The fourth-order valence-electron chi connectivity index (χ4n) is 2.47. The number of likely N-dealkylation sites (tertiary alicyclic amines) is 1. The van der Waals surface area contributed by atoms with E-state index in [0.717, 1.165) is 6.42 Å². The summed E-state index contributed by atoms with van der Waals surface area (Å²) < 4.78 is 18.3. The van der Waals surface area contributed by atoms with Gasteiger partial charge in [0.25, 0.3) is 5.91 Å². The Morgan fingerprint density at radius 1 is 1.43 bits per heavy atom. The zero-order valence-electron chi connectivity index (χ0n) is 11.9. The predicted octanol–water partition coefficient (Wildman–Crippen LogP) is 1.32. The van der Waals surface area contributed by atoms with Crippen LogP contribution in [0.1, 0.15) is 19.8 Å². The van der Waals surface area contributed by atoms with E-state index < -0.39 is 5.82 Å². The molecule has 114 valence electrons. The molecule has 5 nitrogen and oxygen atoms in total. The molecule has 1 aromatic carbocycles. The molecule has 0 aliphatic carbocycles. The molecule has 2 atom stereocenters. The van der Waals surface area contributed by atoms with Crippen LogP contribution >= 0.6 is 0 Å². The van der Waals surface area contributed by atoms with Crippen molar-refractivity contribution >= 4 is 11.8 Å². The number of nitrogens with two attached hydrogens (primary N) is 1. The number of hydrogen-bond acceptors (Lipinski definition) is 3. The molecule has 0 spiro atoms. The summed E-state index contributed by atoms with van der Waals surface area (Å²) in [7, 11) is 0. The number of ether oxygens (including phenoxy) is 1. The van der Waals surface area contributed by atoms with Crippen LogP contribution in [-0.2, 0) is 9.59 Å². The highest BCUT2D eigenvalue weighted by Crippen LogP contribution is 2.22. The fraction of sp³-hybridized carbons (Fsp3) is 0.467. The number of piperidine rings is 1. The molecule has 1 aliphatic rings. The van der Waals surface area contributed by atoms with E-state index in [9.17, 15) is 14.0 Å². The molecule has 1 saturated heterocycles. The van der Waals surface area contributed by atoms with Crippen LogP contribution in [0.5, 0.6) is 5.75 Å². The summed E-state index contributed by atoms with van der Waals surface area (Å²) >= 11 is 0.